The molecule has 1 heterocycles. The van der Waals surface area contributed by atoms with Crippen molar-refractivity contribution in [1.82, 2.24) is 4.90 Å². The fourth-order valence-electron chi connectivity index (χ4n) is 2.65. The van der Waals surface area contributed by atoms with E-state index in [1.54, 1.807) is 24.3 Å². The molecular formula is C13H11F2NO2. The Morgan fingerprint density at radius 3 is 2.39 bits per heavy atom. The number of hydrogen-bond donors (Lipinski definition) is 0. The molecule has 0 bridgehead atoms. The zero-order valence-corrected chi connectivity index (χ0v) is 9.48. The van der Waals surface area contributed by atoms with Crippen LogP contribution in [0.5, 0.6) is 0 Å². The summed E-state index contributed by atoms with van der Waals surface area (Å²) < 4.78 is 26.5. The number of amides is 2. The molecule has 1 saturated carbocycles. The average Bonchev–Trinajstić information content (AvgIpc) is 2.52. The Kier molecular flexibility index (Phi) is 2.27. The summed E-state index contributed by atoms with van der Waals surface area (Å²) >= 11 is 0. The van der Waals surface area contributed by atoms with Crippen LogP contribution < -0.4 is 0 Å². The molecule has 1 aliphatic carbocycles. The topological polar surface area (TPSA) is 37.4 Å². The molecule has 0 spiro atoms. The lowest BCUT2D eigenvalue weighted by Gasteiger charge is -2.35. The normalized spacial score (nSPS) is 29.1. The van der Waals surface area contributed by atoms with E-state index in [9.17, 15) is 18.4 Å². The van der Waals surface area contributed by atoms with Crippen LogP contribution in [0.1, 0.15) is 12.0 Å². The molecule has 3 nitrogen and oxygen atoms in total. The van der Waals surface area contributed by atoms with E-state index in [4.69, 9.17) is 0 Å². The maximum atomic E-state index is 13.2. The molecular weight excluding hydrogens is 240 g/mol. The second-order valence-corrected chi connectivity index (χ2v) is 4.80. The smallest absolute Gasteiger partial charge is 0.261 e. The van der Waals surface area contributed by atoms with Gasteiger partial charge in [-0.15, -0.1) is 0 Å². The molecule has 0 N–H and O–H groups in total. The molecule has 0 radical (unpaired) electrons. The first-order valence-corrected chi connectivity index (χ1v) is 5.78. The van der Waals surface area contributed by atoms with Crippen LogP contribution in [-0.4, -0.2) is 22.6 Å². The Balaban J connectivity index is 1.82. The first kappa shape index (κ1) is 11.3. The molecule has 0 aromatic heterocycles. The maximum Gasteiger partial charge on any atom is 0.261 e. The predicted octanol–water partition coefficient (Wildman–Crippen LogP) is 1.83. The van der Waals surface area contributed by atoms with Crippen molar-refractivity contribution >= 4 is 11.8 Å². The molecule has 18 heavy (non-hydrogen) atoms. The van der Waals surface area contributed by atoms with E-state index in [0.717, 1.165) is 10.5 Å². The summed E-state index contributed by atoms with van der Waals surface area (Å²) in [6, 6.07) is 8.90. The minimum absolute atomic E-state index is 0.0849. The van der Waals surface area contributed by atoms with E-state index in [0.29, 0.717) is 0 Å². The lowest BCUT2D eigenvalue weighted by Crippen LogP contribution is -2.49. The summed E-state index contributed by atoms with van der Waals surface area (Å²) in [5.41, 5.74) is 0.767. The van der Waals surface area contributed by atoms with Gasteiger partial charge in [0.05, 0.1) is 12.5 Å². The number of fused-ring (bicyclic) bond motifs is 1. The van der Waals surface area contributed by atoms with Crippen molar-refractivity contribution in [3.8, 4) is 0 Å². The highest BCUT2D eigenvalue weighted by Gasteiger charge is 2.68. The van der Waals surface area contributed by atoms with E-state index < -0.39 is 36.0 Å². The highest BCUT2D eigenvalue weighted by molar-refractivity contribution is 6.07. The first-order valence-electron chi connectivity index (χ1n) is 5.78. The number of benzene rings is 1. The number of rotatable bonds is 2. The van der Waals surface area contributed by atoms with Crippen LogP contribution >= 0.6 is 0 Å². The minimum Gasteiger partial charge on any atom is -0.277 e. The van der Waals surface area contributed by atoms with Gasteiger partial charge in [0.25, 0.3) is 5.92 Å². The SMILES string of the molecule is O=C1C2CC(F)(F)C2C(=O)N1Cc1ccccc1. The Morgan fingerprint density at radius 1 is 1.17 bits per heavy atom. The van der Waals surface area contributed by atoms with Crippen molar-refractivity contribution in [2.24, 2.45) is 11.8 Å². The van der Waals surface area contributed by atoms with Gasteiger partial charge in [0, 0.05) is 6.42 Å². The Hall–Kier alpha value is -1.78. The van der Waals surface area contributed by atoms with Gasteiger partial charge in [-0.05, 0) is 5.56 Å². The molecule has 1 saturated heterocycles. The van der Waals surface area contributed by atoms with Gasteiger partial charge in [-0.25, -0.2) is 8.78 Å². The van der Waals surface area contributed by atoms with Crippen LogP contribution in [0.15, 0.2) is 30.3 Å². The Morgan fingerprint density at radius 2 is 1.83 bits per heavy atom. The van der Waals surface area contributed by atoms with E-state index in [2.05, 4.69) is 0 Å². The van der Waals surface area contributed by atoms with Crippen molar-refractivity contribution in [3.05, 3.63) is 35.9 Å². The third-order valence-electron chi connectivity index (χ3n) is 3.65. The zero-order chi connectivity index (χ0) is 12.9. The number of nitrogens with zero attached hydrogens (tertiary/aromatic N) is 1. The van der Waals surface area contributed by atoms with Crippen LogP contribution in [-0.2, 0) is 16.1 Å². The summed E-state index contributed by atoms with van der Waals surface area (Å²) in [7, 11) is 0. The van der Waals surface area contributed by atoms with Crippen molar-refractivity contribution in [2.45, 2.75) is 18.9 Å². The molecule has 94 valence electrons. The molecule has 2 unspecified atom stereocenters. The van der Waals surface area contributed by atoms with Gasteiger partial charge >= 0.3 is 0 Å². The van der Waals surface area contributed by atoms with Crippen LogP contribution in [0.3, 0.4) is 0 Å². The number of carbonyl (C=O) groups is 2. The number of carbonyl (C=O) groups excluding carboxylic acids is 2. The lowest BCUT2D eigenvalue weighted by atomic mass is 9.72. The highest BCUT2D eigenvalue weighted by atomic mass is 19.3. The van der Waals surface area contributed by atoms with Gasteiger partial charge in [0.1, 0.15) is 5.92 Å². The van der Waals surface area contributed by atoms with E-state index in [1.165, 1.54) is 0 Å². The Labute approximate surface area is 102 Å². The number of halogens is 2. The van der Waals surface area contributed by atoms with Crippen LogP contribution in [0.4, 0.5) is 8.78 Å². The number of likely N-dealkylation sites (tertiary alicyclic amines) is 1. The number of alkyl halides is 2. The summed E-state index contributed by atoms with van der Waals surface area (Å²) in [6.07, 6.45) is -0.493. The van der Waals surface area contributed by atoms with E-state index in [1.807, 2.05) is 6.07 Å². The predicted molar refractivity (Wildman–Crippen MR) is 58.5 cm³/mol. The molecule has 2 aliphatic rings. The summed E-state index contributed by atoms with van der Waals surface area (Å²) in [5, 5.41) is 0. The van der Waals surface area contributed by atoms with Gasteiger partial charge in [-0.2, -0.15) is 0 Å². The molecule has 2 atom stereocenters. The molecule has 3 rings (SSSR count). The van der Waals surface area contributed by atoms with E-state index in [-0.39, 0.29) is 6.54 Å². The van der Waals surface area contributed by atoms with Crippen molar-refractivity contribution in [3.63, 3.8) is 0 Å². The molecule has 5 heteroatoms. The molecule has 2 fully saturated rings. The second kappa shape index (κ2) is 3.60. The maximum absolute atomic E-state index is 13.2. The van der Waals surface area contributed by atoms with Crippen molar-refractivity contribution in [1.29, 1.82) is 0 Å². The first-order chi connectivity index (χ1) is 8.50. The molecule has 1 aromatic carbocycles. The van der Waals surface area contributed by atoms with Gasteiger partial charge in [-0.3, -0.25) is 14.5 Å². The second-order valence-electron chi connectivity index (χ2n) is 4.80. The van der Waals surface area contributed by atoms with Crippen molar-refractivity contribution in [2.75, 3.05) is 0 Å². The Bertz CT molecular complexity index is 515. The number of hydrogen-bond acceptors (Lipinski definition) is 2. The molecule has 1 aliphatic heterocycles. The average molecular weight is 251 g/mol. The van der Waals surface area contributed by atoms with Gasteiger partial charge < -0.3 is 0 Å². The fraction of sp³-hybridized carbons (Fsp3) is 0.385. The van der Waals surface area contributed by atoms with Crippen molar-refractivity contribution < 1.29 is 18.4 Å². The minimum atomic E-state index is -3.01. The fourth-order valence-corrected chi connectivity index (χ4v) is 2.65. The van der Waals surface area contributed by atoms with Gasteiger partial charge in [0.2, 0.25) is 11.8 Å². The number of imide groups is 1. The van der Waals surface area contributed by atoms with E-state index >= 15 is 0 Å². The van der Waals surface area contributed by atoms with Gasteiger partial charge in [0.15, 0.2) is 0 Å². The van der Waals surface area contributed by atoms with Crippen LogP contribution in [0.25, 0.3) is 0 Å². The lowest BCUT2D eigenvalue weighted by molar-refractivity contribution is -0.175. The third kappa shape index (κ3) is 1.46. The summed E-state index contributed by atoms with van der Waals surface area (Å²) in [4.78, 5) is 24.6. The molecule has 2 amide bonds. The molecule has 1 aromatic rings. The summed E-state index contributed by atoms with van der Waals surface area (Å²) in [6.45, 7) is 0.0849. The third-order valence-corrected chi connectivity index (χ3v) is 3.65. The highest BCUT2D eigenvalue weighted by Crippen LogP contribution is 2.53. The largest absolute Gasteiger partial charge is 0.277 e. The monoisotopic (exact) mass is 251 g/mol. The standard InChI is InChI=1S/C13H11F2NO2/c14-13(15)6-9-10(13)12(18)16(11(9)17)7-8-4-2-1-3-5-8/h1-5,9-10H,6-7H2. The summed E-state index contributed by atoms with van der Waals surface area (Å²) in [5.74, 6) is -6.43. The van der Waals surface area contributed by atoms with Crippen LogP contribution in [0, 0.1) is 11.8 Å². The quantitative estimate of drug-likeness (QED) is 0.752. The zero-order valence-electron chi connectivity index (χ0n) is 9.48. The van der Waals surface area contributed by atoms with Gasteiger partial charge in [-0.1, -0.05) is 30.3 Å². The van der Waals surface area contributed by atoms with Crippen LogP contribution in [0.2, 0.25) is 0 Å².